The van der Waals surface area contributed by atoms with Gasteiger partial charge in [0, 0.05) is 5.69 Å². The Bertz CT molecular complexity index is 728. The molecule has 1 N–H and O–H groups in total. The average Bonchev–Trinajstić information content (AvgIpc) is 2.63. The average molecular weight is 342 g/mol. The van der Waals surface area contributed by atoms with Gasteiger partial charge >= 0.3 is 5.69 Å². The molecule has 7 nitrogen and oxygen atoms in total. The van der Waals surface area contributed by atoms with Crippen molar-refractivity contribution < 1.29 is 9.66 Å². The highest BCUT2D eigenvalue weighted by Gasteiger charge is 2.27. The lowest BCUT2D eigenvalue weighted by Crippen LogP contribution is -2.21. The first kappa shape index (κ1) is 17.1. The number of rotatable bonds is 6. The summed E-state index contributed by atoms with van der Waals surface area (Å²) in [6.45, 7) is 2.08. The van der Waals surface area contributed by atoms with Crippen molar-refractivity contribution >= 4 is 17.2 Å². The summed E-state index contributed by atoms with van der Waals surface area (Å²) in [6, 6.07) is 7.72. The summed E-state index contributed by atoms with van der Waals surface area (Å²) in [6.07, 6.45) is 7.38. The van der Waals surface area contributed by atoms with E-state index in [-0.39, 0.29) is 23.5 Å². The molecule has 0 bridgehead atoms. The van der Waals surface area contributed by atoms with E-state index in [2.05, 4.69) is 22.2 Å². The second-order valence-electron chi connectivity index (χ2n) is 6.19. The van der Waals surface area contributed by atoms with Crippen LogP contribution in [-0.2, 0) is 6.42 Å². The number of nitro groups is 1. The molecule has 0 spiro atoms. The van der Waals surface area contributed by atoms with Gasteiger partial charge in [0.25, 0.3) is 5.88 Å². The van der Waals surface area contributed by atoms with E-state index in [1.807, 2.05) is 24.3 Å². The first-order chi connectivity index (χ1) is 12.2. The number of hydrogen-bond donors (Lipinski definition) is 1. The van der Waals surface area contributed by atoms with Gasteiger partial charge in [-0.2, -0.15) is 4.98 Å². The van der Waals surface area contributed by atoms with Crippen LogP contribution in [0.25, 0.3) is 0 Å². The summed E-state index contributed by atoms with van der Waals surface area (Å²) < 4.78 is 5.83. The fourth-order valence-electron chi connectivity index (χ4n) is 3.01. The highest BCUT2D eigenvalue weighted by atomic mass is 16.6. The van der Waals surface area contributed by atoms with Gasteiger partial charge in [-0.05, 0) is 49.8 Å². The summed E-state index contributed by atoms with van der Waals surface area (Å²) in [7, 11) is 0. The molecule has 1 saturated carbocycles. The molecule has 0 saturated heterocycles. The summed E-state index contributed by atoms with van der Waals surface area (Å²) in [4.78, 5) is 19.2. The van der Waals surface area contributed by atoms with Crippen molar-refractivity contribution in [3.05, 3.63) is 46.3 Å². The second-order valence-corrected chi connectivity index (χ2v) is 6.19. The van der Waals surface area contributed by atoms with E-state index < -0.39 is 4.92 Å². The van der Waals surface area contributed by atoms with Crippen LogP contribution in [0.3, 0.4) is 0 Å². The van der Waals surface area contributed by atoms with E-state index in [9.17, 15) is 10.1 Å². The van der Waals surface area contributed by atoms with E-state index in [4.69, 9.17) is 4.74 Å². The van der Waals surface area contributed by atoms with Crippen molar-refractivity contribution in [3.63, 3.8) is 0 Å². The molecule has 1 aliphatic carbocycles. The Labute approximate surface area is 146 Å². The molecule has 0 radical (unpaired) electrons. The summed E-state index contributed by atoms with van der Waals surface area (Å²) in [5.41, 5.74) is 1.72. The zero-order valence-electron chi connectivity index (χ0n) is 14.3. The molecule has 0 unspecified atom stereocenters. The zero-order valence-corrected chi connectivity index (χ0v) is 14.3. The van der Waals surface area contributed by atoms with Gasteiger partial charge in [-0.25, -0.2) is 4.98 Å². The van der Waals surface area contributed by atoms with E-state index in [0.29, 0.717) is 0 Å². The Morgan fingerprint density at radius 2 is 1.92 bits per heavy atom. The highest BCUT2D eigenvalue weighted by molar-refractivity contribution is 5.68. The van der Waals surface area contributed by atoms with Crippen molar-refractivity contribution in [3.8, 4) is 5.88 Å². The first-order valence-electron chi connectivity index (χ1n) is 8.69. The number of nitrogens with zero attached hydrogens (tertiary/aromatic N) is 3. The van der Waals surface area contributed by atoms with E-state index in [1.165, 1.54) is 18.3 Å². The van der Waals surface area contributed by atoms with Gasteiger partial charge in [0.2, 0.25) is 5.82 Å². The molecule has 1 fully saturated rings. The van der Waals surface area contributed by atoms with Crippen molar-refractivity contribution in [2.75, 3.05) is 5.32 Å². The number of hydrogen-bond acceptors (Lipinski definition) is 6. The molecule has 0 amide bonds. The van der Waals surface area contributed by atoms with Crippen molar-refractivity contribution in [1.82, 2.24) is 9.97 Å². The largest absolute Gasteiger partial charge is 0.469 e. The molecular weight excluding hydrogens is 320 g/mol. The number of anilines is 2. The normalized spacial score (nSPS) is 14.9. The van der Waals surface area contributed by atoms with Crippen LogP contribution in [0.1, 0.15) is 44.6 Å². The molecule has 2 aromatic rings. The summed E-state index contributed by atoms with van der Waals surface area (Å²) >= 11 is 0. The summed E-state index contributed by atoms with van der Waals surface area (Å²) in [5.74, 6) is 0.189. The van der Waals surface area contributed by atoms with Gasteiger partial charge in [-0.3, -0.25) is 10.1 Å². The molecule has 1 heterocycles. The van der Waals surface area contributed by atoms with Crippen LogP contribution in [0.5, 0.6) is 5.88 Å². The lowest BCUT2D eigenvalue weighted by Gasteiger charge is -2.22. The molecular formula is C18H22N4O3. The van der Waals surface area contributed by atoms with E-state index >= 15 is 0 Å². The number of benzene rings is 1. The molecule has 3 rings (SSSR count). The molecule has 0 atom stereocenters. The van der Waals surface area contributed by atoms with Gasteiger partial charge in [0.1, 0.15) is 12.4 Å². The maximum absolute atomic E-state index is 11.6. The predicted molar refractivity (Wildman–Crippen MR) is 95.3 cm³/mol. The quantitative estimate of drug-likeness (QED) is 0.618. The molecule has 132 valence electrons. The van der Waals surface area contributed by atoms with Crippen LogP contribution in [0.2, 0.25) is 0 Å². The van der Waals surface area contributed by atoms with Crippen molar-refractivity contribution in [2.45, 2.75) is 51.6 Å². The van der Waals surface area contributed by atoms with Crippen LogP contribution >= 0.6 is 0 Å². The Morgan fingerprint density at radius 3 is 2.56 bits per heavy atom. The van der Waals surface area contributed by atoms with Crippen LogP contribution in [0, 0.1) is 10.1 Å². The monoisotopic (exact) mass is 342 g/mol. The minimum Gasteiger partial charge on any atom is -0.469 e. The van der Waals surface area contributed by atoms with Crippen LogP contribution in [0.15, 0.2) is 30.6 Å². The number of nitrogens with one attached hydrogen (secondary N) is 1. The van der Waals surface area contributed by atoms with Gasteiger partial charge < -0.3 is 10.1 Å². The lowest BCUT2D eigenvalue weighted by atomic mass is 9.98. The maximum Gasteiger partial charge on any atom is 0.373 e. The zero-order chi connectivity index (χ0) is 17.6. The summed E-state index contributed by atoms with van der Waals surface area (Å²) in [5, 5.41) is 14.6. The number of ether oxygens (including phenoxy) is 1. The van der Waals surface area contributed by atoms with Crippen LogP contribution in [-0.4, -0.2) is 21.0 Å². The van der Waals surface area contributed by atoms with Crippen LogP contribution in [0.4, 0.5) is 17.2 Å². The molecule has 1 aromatic carbocycles. The van der Waals surface area contributed by atoms with Gasteiger partial charge in [-0.15, -0.1) is 0 Å². The van der Waals surface area contributed by atoms with Gasteiger partial charge in [0.15, 0.2) is 0 Å². The standard InChI is InChI=1S/C18H22N4O3/c1-2-13-8-10-14(11-9-13)21-17-16(22(23)24)18(20-12-19-17)25-15-6-4-3-5-7-15/h8-12,15H,2-7H2,1H3,(H,19,20,21). The Hall–Kier alpha value is -2.70. The molecule has 0 aliphatic heterocycles. The van der Waals surface area contributed by atoms with E-state index in [0.717, 1.165) is 37.8 Å². The first-order valence-corrected chi connectivity index (χ1v) is 8.69. The van der Waals surface area contributed by atoms with Crippen LogP contribution < -0.4 is 10.1 Å². The molecule has 1 aliphatic rings. The number of aryl methyl sites for hydroxylation is 1. The SMILES string of the molecule is CCc1ccc(Nc2ncnc(OC3CCCCC3)c2[N+](=O)[O-])cc1. The second kappa shape index (κ2) is 7.92. The minimum atomic E-state index is -0.485. The topological polar surface area (TPSA) is 90.2 Å². The fraction of sp³-hybridized carbons (Fsp3) is 0.444. The molecule has 1 aromatic heterocycles. The predicted octanol–water partition coefficient (Wildman–Crippen LogP) is 4.40. The Kier molecular flexibility index (Phi) is 5.42. The maximum atomic E-state index is 11.6. The molecule has 25 heavy (non-hydrogen) atoms. The molecule has 7 heteroatoms. The van der Waals surface area contributed by atoms with Crippen molar-refractivity contribution in [1.29, 1.82) is 0 Å². The van der Waals surface area contributed by atoms with Gasteiger partial charge in [0.05, 0.1) is 4.92 Å². The van der Waals surface area contributed by atoms with Gasteiger partial charge in [-0.1, -0.05) is 25.5 Å². The third-order valence-corrected chi connectivity index (χ3v) is 4.43. The number of aromatic nitrogens is 2. The smallest absolute Gasteiger partial charge is 0.373 e. The fourth-order valence-corrected chi connectivity index (χ4v) is 3.01. The third kappa shape index (κ3) is 4.23. The third-order valence-electron chi connectivity index (χ3n) is 4.43. The Balaban J connectivity index is 1.84. The Morgan fingerprint density at radius 1 is 1.20 bits per heavy atom. The minimum absolute atomic E-state index is 0.0148. The lowest BCUT2D eigenvalue weighted by molar-refractivity contribution is -0.385. The highest BCUT2D eigenvalue weighted by Crippen LogP contribution is 2.34. The van der Waals surface area contributed by atoms with Crippen molar-refractivity contribution in [2.24, 2.45) is 0 Å². The van der Waals surface area contributed by atoms with E-state index in [1.54, 1.807) is 0 Å².